The molecular weight excluding hydrogens is 626 g/mol. The lowest BCUT2D eigenvalue weighted by atomic mass is 9.99. The summed E-state index contributed by atoms with van der Waals surface area (Å²) in [6, 6.07) is 15.9. The normalized spacial score (nSPS) is 24.0. The number of nitrogens with zero attached hydrogens (tertiary/aromatic N) is 7. The van der Waals surface area contributed by atoms with Gasteiger partial charge in [0.15, 0.2) is 0 Å². The molecule has 10 nitrogen and oxygen atoms in total. The van der Waals surface area contributed by atoms with Gasteiger partial charge in [-0.3, -0.25) is 9.69 Å². The maximum Gasteiger partial charge on any atom is 0.318 e. The first-order valence-electron chi connectivity index (χ1n) is 16.9. The van der Waals surface area contributed by atoms with Crippen molar-refractivity contribution in [2.24, 2.45) is 0 Å². The van der Waals surface area contributed by atoms with Crippen LogP contribution in [0.25, 0.3) is 10.8 Å². The third-order valence-corrected chi connectivity index (χ3v) is 10.7. The predicted octanol–water partition coefficient (Wildman–Crippen LogP) is 3.70. The number of halogens is 1. The molecule has 0 saturated carbocycles. The number of rotatable bonds is 10. The Bertz CT molecular complexity index is 1750. The maximum absolute atomic E-state index is 13.0. The lowest BCUT2D eigenvalue weighted by molar-refractivity contribution is -0.129. The van der Waals surface area contributed by atoms with Crippen molar-refractivity contribution in [3.63, 3.8) is 0 Å². The molecule has 0 unspecified atom stereocenters. The summed E-state index contributed by atoms with van der Waals surface area (Å²) in [5.41, 5.74) is 4.40. The molecule has 48 heavy (non-hydrogen) atoms. The van der Waals surface area contributed by atoms with E-state index in [1.165, 1.54) is 34.2 Å². The van der Waals surface area contributed by atoms with E-state index in [0.717, 1.165) is 62.6 Å². The van der Waals surface area contributed by atoms with E-state index in [-0.39, 0.29) is 12.3 Å². The quantitative estimate of drug-likeness (QED) is 0.182. The number of carbonyl (C=O) groups excluding carboxylic acids is 1. The minimum Gasteiger partial charge on any atom is -0.463 e. The first kappa shape index (κ1) is 32.5. The molecule has 1 aromatic heterocycles. The van der Waals surface area contributed by atoms with Crippen LogP contribution in [0.3, 0.4) is 0 Å². The average molecular weight is 667 g/mol. The number of anilines is 2. The lowest BCUT2D eigenvalue weighted by Crippen LogP contribution is -2.64. The first-order valence-corrected chi connectivity index (χ1v) is 17.4. The Labute approximate surface area is 284 Å². The number of hydrogen-bond acceptors (Lipinski definition) is 9. The van der Waals surface area contributed by atoms with Crippen LogP contribution in [-0.2, 0) is 22.5 Å². The molecule has 0 N–H and O–H groups in total. The second-order valence-corrected chi connectivity index (χ2v) is 14.2. The van der Waals surface area contributed by atoms with Crippen molar-refractivity contribution in [2.45, 2.75) is 56.5 Å². The van der Waals surface area contributed by atoms with Gasteiger partial charge in [0, 0.05) is 68.0 Å². The molecule has 0 aliphatic carbocycles. The van der Waals surface area contributed by atoms with E-state index in [1.807, 2.05) is 0 Å². The zero-order valence-corrected chi connectivity index (χ0v) is 28.4. The van der Waals surface area contributed by atoms with Gasteiger partial charge < -0.3 is 24.2 Å². The number of ether oxygens (including phenoxy) is 2. The van der Waals surface area contributed by atoms with E-state index >= 15 is 0 Å². The molecule has 3 aromatic rings. The number of likely N-dealkylation sites (tertiary alicyclic amines) is 1. The number of amides is 1. The van der Waals surface area contributed by atoms with Gasteiger partial charge in [-0.05, 0) is 49.3 Å². The van der Waals surface area contributed by atoms with E-state index < -0.39 is 11.8 Å². The molecule has 3 radical (unpaired) electrons. The summed E-state index contributed by atoms with van der Waals surface area (Å²) in [5.74, 6) is 0.454. The number of carbonyl (C=O) groups is 1. The number of piperazine rings is 1. The Balaban J connectivity index is 1.17. The van der Waals surface area contributed by atoms with Crippen LogP contribution in [-0.4, -0.2) is 112 Å². The van der Waals surface area contributed by atoms with Gasteiger partial charge >= 0.3 is 6.01 Å². The first-order chi connectivity index (χ1) is 23.4. The predicted molar refractivity (Wildman–Crippen MR) is 183 cm³/mol. The van der Waals surface area contributed by atoms with Crippen LogP contribution in [0.4, 0.5) is 15.9 Å². The maximum atomic E-state index is 13.0. The minimum absolute atomic E-state index is 0.0594. The zero-order valence-electron chi connectivity index (χ0n) is 27.4. The van der Waals surface area contributed by atoms with E-state index in [0.29, 0.717) is 50.9 Å². The van der Waals surface area contributed by atoms with Crippen molar-refractivity contribution in [1.29, 1.82) is 5.26 Å². The van der Waals surface area contributed by atoms with E-state index in [2.05, 4.69) is 74.3 Å². The van der Waals surface area contributed by atoms with Gasteiger partial charge in [-0.25, -0.2) is 4.39 Å². The van der Waals surface area contributed by atoms with Crippen LogP contribution >= 0.6 is 0 Å². The van der Waals surface area contributed by atoms with Crippen LogP contribution in [0.1, 0.15) is 36.1 Å². The van der Waals surface area contributed by atoms with Crippen molar-refractivity contribution < 1.29 is 18.7 Å². The van der Waals surface area contributed by atoms with Crippen LogP contribution in [0, 0.1) is 18.3 Å². The molecule has 12 heteroatoms. The van der Waals surface area contributed by atoms with E-state index in [9.17, 15) is 14.4 Å². The minimum atomic E-state index is -0.969. The Morgan fingerprint density at radius 2 is 2.06 bits per heavy atom. The lowest BCUT2D eigenvalue weighted by Gasteiger charge is -2.48. The fraction of sp³-hybridized carbons (Fsp3) is 0.500. The fourth-order valence-electron chi connectivity index (χ4n) is 7.81. The van der Waals surface area contributed by atoms with Gasteiger partial charge in [0.25, 0.3) is 0 Å². The van der Waals surface area contributed by atoms with Crippen molar-refractivity contribution in [1.82, 2.24) is 19.8 Å². The molecule has 2 aromatic carbocycles. The number of alkyl halides is 1. The van der Waals surface area contributed by atoms with Crippen molar-refractivity contribution in [2.75, 3.05) is 69.0 Å². The van der Waals surface area contributed by atoms with Crippen molar-refractivity contribution in [3.8, 4) is 12.1 Å². The summed E-state index contributed by atoms with van der Waals surface area (Å²) < 4.78 is 24.9. The Morgan fingerprint density at radius 3 is 2.83 bits per heavy atom. The van der Waals surface area contributed by atoms with E-state index in [1.54, 1.807) is 4.90 Å². The van der Waals surface area contributed by atoms with E-state index in [4.69, 9.17) is 19.4 Å². The highest BCUT2D eigenvalue weighted by Gasteiger charge is 2.42. The molecule has 4 aliphatic heterocycles. The SMILES string of the molecule is Cc1cccc2cccc(N3CCc4c(nc(OCCCN5C[C@@H]6C[C@H]5CO6)nc4N4CCN(C(=O)/C=C/CF)[C@]([Si])(CC#N)C4)C3)c12. The summed E-state index contributed by atoms with van der Waals surface area (Å²) in [6.45, 7) is 7.27. The van der Waals surface area contributed by atoms with Gasteiger partial charge in [-0.2, -0.15) is 15.2 Å². The summed E-state index contributed by atoms with van der Waals surface area (Å²) in [6.07, 6.45) is 5.58. The summed E-state index contributed by atoms with van der Waals surface area (Å²) in [5, 5.41) is 11.2. The summed E-state index contributed by atoms with van der Waals surface area (Å²) >= 11 is 0. The molecule has 3 atom stereocenters. The molecule has 3 saturated heterocycles. The number of morpholine rings is 1. The topological polar surface area (TPSA) is 98.1 Å². The van der Waals surface area contributed by atoms with Gasteiger partial charge in [-0.15, -0.1) is 0 Å². The number of aryl methyl sites for hydroxylation is 1. The monoisotopic (exact) mass is 666 g/mol. The van der Waals surface area contributed by atoms with Crippen LogP contribution in [0.15, 0.2) is 48.6 Å². The molecule has 0 spiro atoms. The number of benzene rings is 2. The second-order valence-electron chi connectivity index (χ2n) is 13.3. The van der Waals surface area contributed by atoms with Crippen LogP contribution < -0.4 is 14.5 Å². The number of allylic oxidation sites excluding steroid dienone is 1. The zero-order chi connectivity index (χ0) is 33.3. The number of aromatic nitrogens is 2. The molecular formula is C36H41FN7O3Si. The number of nitriles is 1. The van der Waals surface area contributed by atoms with Crippen molar-refractivity contribution >= 4 is 38.4 Å². The molecule has 4 aliphatic rings. The molecule has 7 rings (SSSR count). The van der Waals surface area contributed by atoms with Crippen LogP contribution in [0.2, 0.25) is 0 Å². The Kier molecular flexibility index (Phi) is 9.35. The molecule has 3 fully saturated rings. The summed E-state index contributed by atoms with van der Waals surface area (Å²) in [7, 11) is 3.82. The second kappa shape index (κ2) is 13.8. The van der Waals surface area contributed by atoms with Gasteiger partial charge in [0.2, 0.25) is 5.91 Å². The van der Waals surface area contributed by atoms with Crippen LogP contribution in [0.5, 0.6) is 6.01 Å². The fourth-order valence-corrected chi connectivity index (χ4v) is 8.30. The molecule has 249 valence electrons. The third-order valence-electron chi connectivity index (χ3n) is 10.1. The summed E-state index contributed by atoms with van der Waals surface area (Å²) in [4.78, 5) is 31.6. The molecule has 5 heterocycles. The average Bonchev–Trinajstić information content (AvgIpc) is 3.72. The molecule has 2 bridgehead atoms. The highest BCUT2D eigenvalue weighted by Crippen LogP contribution is 2.37. The highest BCUT2D eigenvalue weighted by molar-refractivity contribution is 6.18. The van der Waals surface area contributed by atoms with Crippen molar-refractivity contribution in [3.05, 3.63) is 65.4 Å². The number of fused-ring (bicyclic) bond motifs is 4. The number of hydrogen-bond donors (Lipinski definition) is 0. The standard InChI is InChI=1S/C36H41FN7O3Si/c1-25-6-2-7-26-8-3-9-31(33(25)26)42-16-11-29-30(22-42)39-35(46-19-5-15-41-21-28-20-27(41)23-47-28)40-34(29)43-17-18-44(32(45)10-4-13-37)36(48,24-43)12-14-38/h2-4,6-10,27-28H,5,11-13,15-24H2,1H3/b10-4+/t27-,28-,36-/m0/s1. The largest absolute Gasteiger partial charge is 0.463 e. The van der Waals surface area contributed by atoms with Gasteiger partial charge in [-0.1, -0.05) is 30.3 Å². The van der Waals surface area contributed by atoms with Gasteiger partial charge in [0.05, 0.1) is 59.5 Å². The highest BCUT2D eigenvalue weighted by atomic mass is 28.1. The Morgan fingerprint density at radius 1 is 1.21 bits per heavy atom. The Hall–Kier alpha value is -4.05. The smallest absolute Gasteiger partial charge is 0.318 e. The van der Waals surface area contributed by atoms with Gasteiger partial charge in [0.1, 0.15) is 12.5 Å². The molecule has 1 amide bonds. The third kappa shape index (κ3) is 6.39.